The third kappa shape index (κ3) is 3.63. The molecule has 0 aliphatic carbocycles. The quantitative estimate of drug-likeness (QED) is 0.815. The zero-order valence-electron chi connectivity index (χ0n) is 11.8. The molecule has 0 radical (unpaired) electrons. The fourth-order valence-corrected chi connectivity index (χ4v) is 1.94. The molecule has 20 heavy (non-hydrogen) atoms. The highest BCUT2D eigenvalue weighted by molar-refractivity contribution is 5.97. The third-order valence-corrected chi connectivity index (χ3v) is 2.99. The van der Waals surface area contributed by atoms with Crippen LogP contribution in [0.2, 0.25) is 0 Å². The van der Waals surface area contributed by atoms with Crippen LogP contribution in [0.5, 0.6) is 0 Å². The highest BCUT2D eigenvalue weighted by atomic mass is 16.1. The van der Waals surface area contributed by atoms with Gasteiger partial charge in [-0.3, -0.25) is 4.79 Å². The summed E-state index contributed by atoms with van der Waals surface area (Å²) in [6.07, 6.45) is 3.57. The minimum atomic E-state index is -0.0974. The molecule has 0 saturated heterocycles. The van der Waals surface area contributed by atoms with Crippen LogP contribution < -0.4 is 5.32 Å². The van der Waals surface area contributed by atoms with E-state index in [4.69, 9.17) is 0 Å². The molecule has 1 amide bonds. The van der Waals surface area contributed by atoms with Crippen molar-refractivity contribution in [1.82, 2.24) is 25.5 Å². The highest BCUT2D eigenvalue weighted by Gasteiger charge is 2.12. The Morgan fingerprint density at radius 2 is 2.15 bits per heavy atom. The van der Waals surface area contributed by atoms with Gasteiger partial charge in [0.1, 0.15) is 6.33 Å². The number of amides is 1. The first kappa shape index (κ1) is 14.2. The van der Waals surface area contributed by atoms with Crippen molar-refractivity contribution >= 4 is 5.91 Å². The molecule has 1 N–H and O–H groups in total. The largest absolute Gasteiger partial charge is 0.352 e. The van der Waals surface area contributed by atoms with Crippen molar-refractivity contribution in [2.75, 3.05) is 6.54 Å². The number of hydrogen-bond donors (Lipinski definition) is 1. The second-order valence-corrected chi connectivity index (χ2v) is 5.06. The molecule has 1 aromatic heterocycles. The lowest BCUT2D eigenvalue weighted by atomic mass is 10.1. The van der Waals surface area contributed by atoms with Gasteiger partial charge in [0.05, 0.1) is 11.3 Å². The van der Waals surface area contributed by atoms with Gasteiger partial charge < -0.3 is 5.32 Å². The Hall–Kier alpha value is -2.24. The number of aromatic nitrogens is 4. The van der Waals surface area contributed by atoms with Crippen molar-refractivity contribution in [3.05, 3.63) is 36.2 Å². The van der Waals surface area contributed by atoms with Crippen LogP contribution >= 0.6 is 0 Å². The van der Waals surface area contributed by atoms with Gasteiger partial charge in [-0.05, 0) is 41.3 Å². The van der Waals surface area contributed by atoms with Crippen LogP contribution in [0.15, 0.2) is 30.6 Å². The van der Waals surface area contributed by atoms with Crippen LogP contribution in [0.1, 0.15) is 37.0 Å². The van der Waals surface area contributed by atoms with Gasteiger partial charge in [0.25, 0.3) is 5.91 Å². The smallest absolute Gasteiger partial charge is 0.253 e. The maximum Gasteiger partial charge on any atom is 0.253 e. The fraction of sp³-hybridized carbons (Fsp3) is 0.429. The number of benzene rings is 1. The molecule has 0 fully saturated rings. The van der Waals surface area contributed by atoms with Crippen molar-refractivity contribution in [2.24, 2.45) is 5.92 Å². The summed E-state index contributed by atoms with van der Waals surface area (Å²) in [6.45, 7) is 5.03. The van der Waals surface area contributed by atoms with E-state index in [1.807, 2.05) is 18.2 Å². The average molecular weight is 273 g/mol. The van der Waals surface area contributed by atoms with E-state index >= 15 is 0 Å². The first-order chi connectivity index (χ1) is 9.68. The van der Waals surface area contributed by atoms with Crippen LogP contribution in [0.25, 0.3) is 5.69 Å². The summed E-state index contributed by atoms with van der Waals surface area (Å²) in [5.74, 6) is 0.556. The monoisotopic (exact) mass is 273 g/mol. The standard InChI is InChI=1S/C14H19N5O/c1-11(2)6-5-9-15-14(20)12-7-3-4-8-13(12)19-10-16-17-18-19/h3-4,7-8,10-11H,5-6,9H2,1-2H3,(H,15,20). The Kier molecular flexibility index (Phi) is 4.81. The number of tetrazole rings is 1. The molecule has 2 aromatic rings. The molecule has 2 rings (SSSR count). The summed E-state index contributed by atoms with van der Waals surface area (Å²) in [6, 6.07) is 7.28. The molecule has 6 nitrogen and oxygen atoms in total. The molecule has 0 unspecified atom stereocenters. The van der Waals surface area contributed by atoms with E-state index in [2.05, 4.69) is 34.7 Å². The van der Waals surface area contributed by atoms with Crippen molar-refractivity contribution in [2.45, 2.75) is 26.7 Å². The minimum Gasteiger partial charge on any atom is -0.352 e. The number of hydrogen-bond acceptors (Lipinski definition) is 4. The lowest BCUT2D eigenvalue weighted by Gasteiger charge is -2.10. The number of nitrogens with one attached hydrogen (secondary N) is 1. The van der Waals surface area contributed by atoms with Gasteiger partial charge in [-0.1, -0.05) is 26.0 Å². The van der Waals surface area contributed by atoms with Crippen molar-refractivity contribution in [1.29, 1.82) is 0 Å². The van der Waals surface area contributed by atoms with Gasteiger partial charge in [-0.25, -0.2) is 0 Å². The van der Waals surface area contributed by atoms with Gasteiger partial charge in [-0.15, -0.1) is 5.10 Å². The number of para-hydroxylation sites is 1. The molecular formula is C14H19N5O. The average Bonchev–Trinajstić information content (AvgIpc) is 2.97. The van der Waals surface area contributed by atoms with Crippen LogP contribution in [0.4, 0.5) is 0 Å². The highest BCUT2D eigenvalue weighted by Crippen LogP contribution is 2.12. The molecule has 106 valence electrons. The Morgan fingerprint density at radius 1 is 1.35 bits per heavy atom. The van der Waals surface area contributed by atoms with E-state index < -0.39 is 0 Å². The Bertz CT molecular complexity index is 550. The normalized spacial score (nSPS) is 10.8. The van der Waals surface area contributed by atoms with Gasteiger partial charge in [0.2, 0.25) is 0 Å². The maximum atomic E-state index is 12.2. The van der Waals surface area contributed by atoms with Crippen LogP contribution in [-0.2, 0) is 0 Å². The van der Waals surface area contributed by atoms with Gasteiger partial charge in [0.15, 0.2) is 0 Å². The second kappa shape index (κ2) is 6.79. The molecule has 0 bridgehead atoms. The number of rotatable bonds is 6. The predicted octanol–water partition coefficient (Wildman–Crippen LogP) is 1.83. The molecule has 0 aliphatic rings. The first-order valence-corrected chi connectivity index (χ1v) is 6.79. The summed E-state index contributed by atoms with van der Waals surface area (Å²) in [4.78, 5) is 12.2. The first-order valence-electron chi connectivity index (χ1n) is 6.79. The minimum absolute atomic E-state index is 0.0974. The summed E-state index contributed by atoms with van der Waals surface area (Å²) in [5.41, 5.74) is 1.25. The van der Waals surface area contributed by atoms with E-state index in [1.54, 1.807) is 6.07 Å². The van der Waals surface area contributed by atoms with E-state index in [-0.39, 0.29) is 5.91 Å². The topological polar surface area (TPSA) is 72.7 Å². The second-order valence-electron chi connectivity index (χ2n) is 5.06. The van der Waals surface area contributed by atoms with E-state index in [9.17, 15) is 4.79 Å². The van der Waals surface area contributed by atoms with Crippen molar-refractivity contribution in [3.8, 4) is 5.69 Å². The lowest BCUT2D eigenvalue weighted by Crippen LogP contribution is -2.26. The summed E-state index contributed by atoms with van der Waals surface area (Å²) >= 11 is 0. The summed E-state index contributed by atoms with van der Waals surface area (Å²) in [7, 11) is 0. The van der Waals surface area contributed by atoms with Gasteiger partial charge >= 0.3 is 0 Å². The molecular weight excluding hydrogens is 254 g/mol. The van der Waals surface area contributed by atoms with E-state index in [0.717, 1.165) is 12.8 Å². The maximum absolute atomic E-state index is 12.2. The summed E-state index contributed by atoms with van der Waals surface area (Å²) in [5, 5.41) is 13.9. The van der Waals surface area contributed by atoms with Gasteiger partial charge in [-0.2, -0.15) is 4.68 Å². The molecule has 1 aromatic carbocycles. The molecule has 0 aliphatic heterocycles. The van der Waals surface area contributed by atoms with E-state index in [0.29, 0.717) is 23.7 Å². The van der Waals surface area contributed by atoms with Crippen LogP contribution in [0.3, 0.4) is 0 Å². The predicted molar refractivity (Wildman–Crippen MR) is 75.6 cm³/mol. The SMILES string of the molecule is CC(C)CCCNC(=O)c1ccccc1-n1cnnn1. The molecule has 1 heterocycles. The van der Waals surface area contributed by atoms with Gasteiger partial charge in [0, 0.05) is 6.54 Å². The zero-order chi connectivity index (χ0) is 14.4. The Labute approximate surface area is 118 Å². The Morgan fingerprint density at radius 3 is 2.85 bits per heavy atom. The molecule has 0 spiro atoms. The molecule has 0 saturated carbocycles. The van der Waals surface area contributed by atoms with Crippen LogP contribution in [0, 0.1) is 5.92 Å². The van der Waals surface area contributed by atoms with Crippen LogP contribution in [-0.4, -0.2) is 32.7 Å². The zero-order valence-corrected chi connectivity index (χ0v) is 11.8. The molecule has 6 heteroatoms. The molecule has 0 atom stereocenters. The van der Waals surface area contributed by atoms with Crippen molar-refractivity contribution in [3.63, 3.8) is 0 Å². The van der Waals surface area contributed by atoms with Crippen molar-refractivity contribution < 1.29 is 4.79 Å². The number of carbonyl (C=O) groups is 1. The lowest BCUT2D eigenvalue weighted by molar-refractivity contribution is 0.0952. The number of nitrogens with zero attached hydrogens (tertiary/aromatic N) is 4. The Balaban J connectivity index is 2.03. The summed E-state index contributed by atoms with van der Waals surface area (Å²) < 4.78 is 1.49. The third-order valence-electron chi connectivity index (χ3n) is 2.99. The number of carbonyl (C=O) groups excluding carboxylic acids is 1. The van der Waals surface area contributed by atoms with E-state index in [1.165, 1.54) is 11.0 Å². The fourth-order valence-electron chi connectivity index (χ4n) is 1.94.